The normalized spacial score (nSPS) is 26.1. The summed E-state index contributed by atoms with van der Waals surface area (Å²) < 4.78 is 0. The van der Waals surface area contributed by atoms with Crippen LogP contribution in [0.5, 0.6) is 0 Å². The van der Waals surface area contributed by atoms with Gasteiger partial charge in [-0.15, -0.1) is 12.4 Å². The molecule has 21 heavy (non-hydrogen) atoms. The third-order valence-electron chi connectivity index (χ3n) is 4.67. The number of rotatable bonds is 3. The molecule has 2 heterocycles. The van der Waals surface area contributed by atoms with Gasteiger partial charge in [0.25, 0.3) is 0 Å². The van der Waals surface area contributed by atoms with Crippen molar-refractivity contribution in [3.63, 3.8) is 0 Å². The van der Waals surface area contributed by atoms with Gasteiger partial charge in [-0.25, -0.2) is 0 Å². The topological polar surface area (TPSA) is 32.5 Å². The van der Waals surface area contributed by atoms with Crippen LogP contribution in [-0.4, -0.2) is 37.1 Å². The van der Waals surface area contributed by atoms with E-state index in [1.807, 2.05) is 6.07 Å². The zero-order chi connectivity index (χ0) is 14.1. The molecule has 0 radical (unpaired) electrons. The highest BCUT2D eigenvalue weighted by Crippen LogP contribution is 2.32. The third kappa shape index (κ3) is 3.65. The number of likely N-dealkylation sites (tertiary alicyclic amines) is 1. The van der Waals surface area contributed by atoms with Crippen LogP contribution in [-0.2, 0) is 6.54 Å². The molecule has 3 nitrogen and oxygen atoms in total. The van der Waals surface area contributed by atoms with Crippen LogP contribution in [0.25, 0.3) is 0 Å². The van der Waals surface area contributed by atoms with Crippen LogP contribution in [0.15, 0.2) is 18.2 Å². The highest BCUT2D eigenvalue weighted by atomic mass is 35.5. The first kappa shape index (κ1) is 16.9. The van der Waals surface area contributed by atoms with Gasteiger partial charge in [-0.2, -0.15) is 0 Å². The number of halogens is 2. The van der Waals surface area contributed by atoms with Crippen molar-refractivity contribution < 1.29 is 0 Å². The monoisotopic (exact) mass is 329 g/mol. The second kappa shape index (κ2) is 7.19. The van der Waals surface area contributed by atoms with E-state index in [1.165, 1.54) is 24.1 Å². The van der Waals surface area contributed by atoms with E-state index in [9.17, 15) is 0 Å². The minimum Gasteiger partial charge on any atom is -0.371 e. The van der Waals surface area contributed by atoms with Crippen LogP contribution < -0.4 is 10.6 Å². The Hall–Kier alpha value is -0.480. The van der Waals surface area contributed by atoms with Gasteiger partial charge in [-0.3, -0.25) is 4.90 Å². The molecule has 2 aliphatic heterocycles. The van der Waals surface area contributed by atoms with Crippen molar-refractivity contribution in [3.8, 4) is 0 Å². The first-order valence-electron chi connectivity index (χ1n) is 7.65. The number of hydrogen-bond donors (Lipinski definition) is 1. The van der Waals surface area contributed by atoms with Crippen molar-refractivity contribution in [1.82, 2.24) is 4.90 Å². The number of nitrogens with two attached hydrogens (primary N) is 1. The molecule has 1 aromatic carbocycles. The fraction of sp³-hybridized carbons (Fsp3) is 0.625. The maximum Gasteiger partial charge on any atom is 0.0471 e. The molecular formula is C16H25Cl2N3. The standard InChI is InChI=1S/C16H24ClN3.ClH/c1-12-9-19(11-15(12)18)10-13-14(17)5-4-6-16(13)20-7-2-3-8-20;/h4-6,12,15H,2-3,7-11,18H2,1H3;1H. The van der Waals surface area contributed by atoms with Crippen molar-refractivity contribution in [2.45, 2.75) is 32.4 Å². The number of nitrogens with zero attached hydrogens (tertiary/aromatic N) is 2. The SMILES string of the molecule is CC1CN(Cc2c(Cl)cccc2N2CCCC2)CC1N.Cl. The van der Waals surface area contributed by atoms with Crippen LogP contribution in [0.1, 0.15) is 25.3 Å². The van der Waals surface area contributed by atoms with E-state index in [-0.39, 0.29) is 12.4 Å². The quantitative estimate of drug-likeness (QED) is 0.924. The molecule has 5 heteroatoms. The smallest absolute Gasteiger partial charge is 0.0471 e. The first-order valence-corrected chi connectivity index (χ1v) is 8.03. The Kier molecular flexibility index (Phi) is 5.78. The molecule has 2 fully saturated rings. The molecule has 2 saturated heterocycles. The highest BCUT2D eigenvalue weighted by molar-refractivity contribution is 6.31. The van der Waals surface area contributed by atoms with Crippen LogP contribution in [0, 0.1) is 5.92 Å². The van der Waals surface area contributed by atoms with Crippen molar-refractivity contribution >= 4 is 29.7 Å². The summed E-state index contributed by atoms with van der Waals surface area (Å²) in [6.07, 6.45) is 2.58. The van der Waals surface area contributed by atoms with E-state index in [4.69, 9.17) is 17.3 Å². The molecule has 0 saturated carbocycles. The molecule has 2 atom stereocenters. The Labute approximate surface area is 138 Å². The Bertz CT molecular complexity index is 465. The van der Waals surface area contributed by atoms with Crippen LogP contribution in [0.2, 0.25) is 5.02 Å². The van der Waals surface area contributed by atoms with Crippen LogP contribution in [0.3, 0.4) is 0 Å². The molecule has 1 aromatic rings. The predicted octanol–water partition coefficient (Wildman–Crippen LogP) is 3.14. The average molecular weight is 330 g/mol. The van der Waals surface area contributed by atoms with E-state index in [2.05, 4.69) is 28.9 Å². The predicted molar refractivity (Wildman–Crippen MR) is 92.6 cm³/mol. The molecule has 0 aliphatic carbocycles. The lowest BCUT2D eigenvalue weighted by atomic mass is 10.1. The second-order valence-electron chi connectivity index (χ2n) is 6.27. The Morgan fingerprint density at radius 1 is 1.24 bits per heavy atom. The van der Waals surface area contributed by atoms with Crippen LogP contribution in [0.4, 0.5) is 5.69 Å². The fourth-order valence-electron chi connectivity index (χ4n) is 3.41. The van der Waals surface area contributed by atoms with Gasteiger partial charge < -0.3 is 10.6 Å². The number of hydrogen-bond acceptors (Lipinski definition) is 3. The highest BCUT2D eigenvalue weighted by Gasteiger charge is 2.28. The summed E-state index contributed by atoms with van der Waals surface area (Å²) >= 11 is 6.47. The minimum atomic E-state index is 0. The second-order valence-corrected chi connectivity index (χ2v) is 6.67. The molecule has 0 spiro atoms. The summed E-state index contributed by atoms with van der Waals surface area (Å²) in [4.78, 5) is 4.91. The summed E-state index contributed by atoms with van der Waals surface area (Å²) in [5.41, 5.74) is 8.73. The molecular weight excluding hydrogens is 305 g/mol. The van der Waals surface area contributed by atoms with Gasteiger partial charge in [0.2, 0.25) is 0 Å². The number of benzene rings is 1. The van der Waals surface area contributed by atoms with Gasteiger partial charge in [0, 0.05) is 55.0 Å². The average Bonchev–Trinajstić information content (AvgIpc) is 3.03. The lowest BCUT2D eigenvalue weighted by molar-refractivity contribution is 0.319. The summed E-state index contributed by atoms with van der Waals surface area (Å²) in [5, 5.41) is 0.891. The molecule has 0 aromatic heterocycles. The van der Waals surface area contributed by atoms with E-state index >= 15 is 0 Å². The molecule has 0 amide bonds. The van der Waals surface area contributed by atoms with Crippen molar-refractivity contribution in [1.29, 1.82) is 0 Å². The third-order valence-corrected chi connectivity index (χ3v) is 5.02. The zero-order valence-electron chi connectivity index (χ0n) is 12.6. The first-order chi connectivity index (χ1) is 9.65. The largest absolute Gasteiger partial charge is 0.371 e. The van der Waals surface area contributed by atoms with E-state index in [0.717, 1.165) is 37.7 Å². The summed E-state index contributed by atoms with van der Waals surface area (Å²) in [7, 11) is 0. The Balaban J connectivity index is 0.00000161. The van der Waals surface area contributed by atoms with E-state index < -0.39 is 0 Å². The minimum absolute atomic E-state index is 0. The van der Waals surface area contributed by atoms with Crippen molar-refractivity contribution in [3.05, 3.63) is 28.8 Å². The lowest BCUT2D eigenvalue weighted by Gasteiger charge is -2.25. The molecule has 2 N–H and O–H groups in total. The molecule has 3 rings (SSSR count). The van der Waals surface area contributed by atoms with Crippen molar-refractivity contribution in [2.24, 2.45) is 11.7 Å². The maximum absolute atomic E-state index is 6.47. The zero-order valence-corrected chi connectivity index (χ0v) is 14.2. The van der Waals surface area contributed by atoms with E-state index in [1.54, 1.807) is 0 Å². The lowest BCUT2D eigenvalue weighted by Crippen LogP contribution is -2.29. The Morgan fingerprint density at radius 3 is 2.57 bits per heavy atom. The van der Waals surface area contributed by atoms with Gasteiger partial charge in [0.05, 0.1) is 0 Å². The van der Waals surface area contributed by atoms with Gasteiger partial charge >= 0.3 is 0 Å². The molecule has 2 aliphatic rings. The van der Waals surface area contributed by atoms with E-state index in [0.29, 0.717) is 12.0 Å². The van der Waals surface area contributed by atoms with Crippen molar-refractivity contribution in [2.75, 3.05) is 31.1 Å². The number of anilines is 1. The maximum atomic E-state index is 6.47. The van der Waals surface area contributed by atoms with Crippen LogP contribution >= 0.6 is 24.0 Å². The summed E-state index contributed by atoms with van der Waals surface area (Å²) in [6, 6.07) is 6.59. The van der Waals surface area contributed by atoms with Gasteiger partial charge in [0.1, 0.15) is 0 Å². The van der Waals surface area contributed by atoms with Gasteiger partial charge in [0.15, 0.2) is 0 Å². The Morgan fingerprint density at radius 2 is 1.95 bits per heavy atom. The van der Waals surface area contributed by atoms with Gasteiger partial charge in [-0.1, -0.05) is 24.6 Å². The summed E-state index contributed by atoms with van der Waals surface area (Å²) in [5.74, 6) is 0.577. The fourth-order valence-corrected chi connectivity index (χ4v) is 3.64. The summed E-state index contributed by atoms with van der Waals surface area (Å²) in [6.45, 7) is 7.52. The molecule has 2 unspecified atom stereocenters. The molecule has 0 bridgehead atoms. The van der Waals surface area contributed by atoms with Gasteiger partial charge in [-0.05, 0) is 30.9 Å². The molecule has 118 valence electrons.